The molecule has 144 valence electrons. The van der Waals surface area contributed by atoms with Gasteiger partial charge in [0.1, 0.15) is 12.4 Å². The average Bonchev–Trinajstić information content (AvgIpc) is 3.22. The molecule has 0 spiro atoms. The van der Waals surface area contributed by atoms with E-state index < -0.39 is 0 Å². The van der Waals surface area contributed by atoms with Crippen LogP contribution in [0.1, 0.15) is 24.8 Å². The molecule has 0 saturated carbocycles. The number of carbonyl (C=O) groups is 1. The molecule has 1 aromatic carbocycles. The van der Waals surface area contributed by atoms with Gasteiger partial charge in [-0.1, -0.05) is 12.1 Å². The Morgan fingerprint density at radius 2 is 2.19 bits per heavy atom. The molecule has 0 bridgehead atoms. The smallest absolute Gasteiger partial charge is 0.341 e. The number of nitrogens with one attached hydrogen (secondary N) is 1. The fourth-order valence-corrected chi connectivity index (χ4v) is 3.23. The van der Waals surface area contributed by atoms with Gasteiger partial charge in [0.05, 0.1) is 13.2 Å². The number of amides is 2. The monoisotopic (exact) mass is 363 g/mol. The SMILES string of the molecule is CN(CCOc1cccc(CNC(=O)N2CCCO2)c1)C1CCOCC1. The van der Waals surface area contributed by atoms with Crippen molar-refractivity contribution in [1.82, 2.24) is 15.3 Å². The second-order valence-electron chi connectivity index (χ2n) is 6.77. The van der Waals surface area contributed by atoms with Crippen LogP contribution in [0.25, 0.3) is 0 Å². The summed E-state index contributed by atoms with van der Waals surface area (Å²) in [5, 5.41) is 4.25. The first-order valence-corrected chi connectivity index (χ1v) is 9.40. The third kappa shape index (κ3) is 5.59. The summed E-state index contributed by atoms with van der Waals surface area (Å²) in [5.74, 6) is 0.828. The summed E-state index contributed by atoms with van der Waals surface area (Å²) in [6, 6.07) is 8.24. The van der Waals surface area contributed by atoms with Crippen LogP contribution in [0.3, 0.4) is 0 Å². The van der Waals surface area contributed by atoms with Crippen LogP contribution < -0.4 is 10.1 Å². The number of ether oxygens (including phenoxy) is 2. The van der Waals surface area contributed by atoms with Gasteiger partial charge >= 0.3 is 6.03 Å². The van der Waals surface area contributed by atoms with Gasteiger partial charge in [0.15, 0.2) is 0 Å². The molecule has 0 unspecified atom stereocenters. The van der Waals surface area contributed by atoms with Gasteiger partial charge in [-0.05, 0) is 44.0 Å². The van der Waals surface area contributed by atoms with E-state index >= 15 is 0 Å². The molecule has 2 amide bonds. The Hall–Kier alpha value is -1.83. The molecule has 7 nitrogen and oxygen atoms in total. The van der Waals surface area contributed by atoms with Crippen molar-refractivity contribution in [3.8, 4) is 5.75 Å². The Balaban J connectivity index is 1.39. The van der Waals surface area contributed by atoms with E-state index in [-0.39, 0.29) is 6.03 Å². The lowest BCUT2D eigenvalue weighted by atomic mass is 10.1. The molecule has 0 aliphatic carbocycles. The number of benzene rings is 1. The third-order valence-corrected chi connectivity index (χ3v) is 4.85. The highest BCUT2D eigenvalue weighted by molar-refractivity contribution is 5.73. The molecule has 2 saturated heterocycles. The first-order valence-electron chi connectivity index (χ1n) is 9.40. The van der Waals surface area contributed by atoms with Gasteiger partial charge < -0.3 is 14.8 Å². The Morgan fingerprint density at radius 1 is 1.35 bits per heavy atom. The predicted octanol–water partition coefficient (Wildman–Crippen LogP) is 2.02. The number of carbonyl (C=O) groups excluding carboxylic acids is 1. The zero-order chi connectivity index (χ0) is 18.2. The van der Waals surface area contributed by atoms with Crippen molar-refractivity contribution in [3.63, 3.8) is 0 Å². The number of hydroxylamine groups is 2. The quantitative estimate of drug-likeness (QED) is 0.803. The average molecular weight is 363 g/mol. The van der Waals surface area contributed by atoms with Crippen molar-refractivity contribution in [1.29, 1.82) is 0 Å². The molecule has 1 N–H and O–H groups in total. The zero-order valence-electron chi connectivity index (χ0n) is 15.5. The first-order chi connectivity index (χ1) is 12.7. The molecule has 0 aromatic heterocycles. The van der Waals surface area contributed by atoms with Gasteiger partial charge in [-0.2, -0.15) is 0 Å². The molecule has 7 heteroatoms. The standard InChI is InChI=1S/C19H29N3O4/c1-21(17-6-11-24-12-7-17)9-13-25-18-5-2-4-16(14-18)15-20-19(23)22-8-3-10-26-22/h2,4-5,14,17H,3,6-13,15H2,1H3,(H,20,23). The number of urea groups is 1. The Kier molecular flexibility index (Phi) is 7.11. The van der Waals surface area contributed by atoms with Gasteiger partial charge in [0.25, 0.3) is 0 Å². The number of likely N-dealkylation sites (N-methyl/N-ethyl adjacent to an activating group) is 1. The maximum atomic E-state index is 11.9. The van der Waals surface area contributed by atoms with E-state index in [1.807, 2.05) is 24.3 Å². The van der Waals surface area contributed by atoms with Crippen LogP contribution in [0.2, 0.25) is 0 Å². The van der Waals surface area contributed by atoms with Crippen molar-refractivity contribution in [2.24, 2.45) is 0 Å². The lowest BCUT2D eigenvalue weighted by Crippen LogP contribution is -2.38. The maximum absolute atomic E-state index is 11.9. The summed E-state index contributed by atoms with van der Waals surface area (Å²) in [5.41, 5.74) is 1.01. The largest absolute Gasteiger partial charge is 0.492 e. The highest BCUT2D eigenvalue weighted by Gasteiger charge is 2.19. The van der Waals surface area contributed by atoms with Crippen LogP contribution in [-0.4, -0.2) is 68.6 Å². The van der Waals surface area contributed by atoms with E-state index in [0.717, 1.165) is 50.3 Å². The number of hydrogen-bond donors (Lipinski definition) is 1. The third-order valence-electron chi connectivity index (χ3n) is 4.85. The van der Waals surface area contributed by atoms with E-state index in [1.54, 1.807) is 0 Å². The highest BCUT2D eigenvalue weighted by Crippen LogP contribution is 2.15. The molecular formula is C19H29N3O4. The van der Waals surface area contributed by atoms with Crippen molar-refractivity contribution in [3.05, 3.63) is 29.8 Å². The second-order valence-corrected chi connectivity index (χ2v) is 6.77. The molecule has 26 heavy (non-hydrogen) atoms. The summed E-state index contributed by atoms with van der Waals surface area (Å²) in [7, 11) is 2.14. The van der Waals surface area contributed by atoms with Gasteiger partial charge in [-0.15, -0.1) is 0 Å². The normalized spacial score (nSPS) is 18.3. The van der Waals surface area contributed by atoms with Crippen LogP contribution in [-0.2, 0) is 16.1 Å². The summed E-state index contributed by atoms with van der Waals surface area (Å²) >= 11 is 0. The van der Waals surface area contributed by atoms with Crippen molar-refractivity contribution < 1.29 is 19.1 Å². The first kappa shape index (κ1) is 18.9. The van der Waals surface area contributed by atoms with Crippen LogP contribution >= 0.6 is 0 Å². The molecule has 2 fully saturated rings. The molecule has 0 atom stereocenters. The lowest BCUT2D eigenvalue weighted by molar-refractivity contribution is -0.0663. The minimum Gasteiger partial charge on any atom is -0.492 e. The number of nitrogens with zero attached hydrogens (tertiary/aromatic N) is 2. The predicted molar refractivity (Wildman–Crippen MR) is 97.9 cm³/mol. The Labute approximate surface area is 155 Å². The van der Waals surface area contributed by atoms with Crippen LogP contribution in [0.15, 0.2) is 24.3 Å². The molecule has 2 aliphatic heterocycles. The van der Waals surface area contributed by atoms with Gasteiger partial charge in [0, 0.05) is 32.3 Å². The topological polar surface area (TPSA) is 63.3 Å². The van der Waals surface area contributed by atoms with Gasteiger partial charge in [0.2, 0.25) is 0 Å². The minimum atomic E-state index is -0.188. The van der Waals surface area contributed by atoms with Crippen LogP contribution in [0.5, 0.6) is 5.75 Å². The van der Waals surface area contributed by atoms with Crippen LogP contribution in [0.4, 0.5) is 4.79 Å². The molecule has 0 radical (unpaired) electrons. The molecule has 3 rings (SSSR count). The molecule has 2 heterocycles. The number of rotatable bonds is 7. The lowest BCUT2D eigenvalue weighted by Gasteiger charge is -2.31. The molecule has 2 aliphatic rings. The van der Waals surface area contributed by atoms with E-state index in [2.05, 4.69) is 17.3 Å². The summed E-state index contributed by atoms with van der Waals surface area (Å²) < 4.78 is 11.3. The summed E-state index contributed by atoms with van der Waals surface area (Å²) in [4.78, 5) is 19.5. The van der Waals surface area contributed by atoms with Gasteiger partial charge in [-0.25, -0.2) is 9.86 Å². The van der Waals surface area contributed by atoms with Gasteiger partial charge in [-0.3, -0.25) is 9.74 Å². The van der Waals surface area contributed by atoms with E-state index in [0.29, 0.717) is 32.3 Å². The zero-order valence-corrected chi connectivity index (χ0v) is 15.5. The molecular weight excluding hydrogens is 334 g/mol. The Bertz CT molecular complexity index is 572. The number of hydrogen-bond acceptors (Lipinski definition) is 5. The fourth-order valence-electron chi connectivity index (χ4n) is 3.23. The maximum Gasteiger partial charge on any atom is 0.341 e. The van der Waals surface area contributed by atoms with Crippen molar-refractivity contribution in [2.45, 2.75) is 31.8 Å². The molecule has 1 aromatic rings. The van der Waals surface area contributed by atoms with Crippen LogP contribution in [0, 0.1) is 0 Å². The van der Waals surface area contributed by atoms with Crippen molar-refractivity contribution in [2.75, 3.05) is 46.6 Å². The Morgan fingerprint density at radius 3 is 2.96 bits per heavy atom. The summed E-state index contributed by atoms with van der Waals surface area (Å²) in [6.07, 6.45) is 3.07. The summed E-state index contributed by atoms with van der Waals surface area (Å²) in [6.45, 7) is 4.95. The second kappa shape index (κ2) is 9.75. The van der Waals surface area contributed by atoms with Crippen molar-refractivity contribution >= 4 is 6.03 Å². The van der Waals surface area contributed by atoms with E-state index in [4.69, 9.17) is 14.3 Å². The minimum absolute atomic E-state index is 0.188. The highest BCUT2D eigenvalue weighted by atomic mass is 16.7. The van der Waals surface area contributed by atoms with E-state index in [1.165, 1.54) is 5.06 Å². The fraction of sp³-hybridized carbons (Fsp3) is 0.632. The van der Waals surface area contributed by atoms with E-state index in [9.17, 15) is 4.79 Å².